The van der Waals surface area contributed by atoms with Gasteiger partial charge in [-0.1, -0.05) is 18.2 Å². The molecule has 0 unspecified atom stereocenters. The summed E-state index contributed by atoms with van der Waals surface area (Å²) in [7, 11) is 3.12. The number of benzene rings is 1. The second kappa shape index (κ2) is 6.00. The van der Waals surface area contributed by atoms with E-state index in [0.717, 1.165) is 5.06 Å². The molecule has 0 N–H and O–H groups in total. The van der Waals surface area contributed by atoms with Crippen molar-refractivity contribution >= 4 is 11.9 Å². The number of hydroxylamine groups is 2. The van der Waals surface area contributed by atoms with E-state index in [4.69, 9.17) is 4.84 Å². The van der Waals surface area contributed by atoms with E-state index in [1.807, 2.05) is 0 Å². The van der Waals surface area contributed by atoms with Gasteiger partial charge in [0.05, 0.1) is 6.61 Å². The van der Waals surface area contributed by atoms with Crippen LogP contribution < -0.4 is 0 Å². The smallest absolute Gasteiger partial charge is 0.329 e. The standard InChI is InChI=1S/C12H16N2O3/c1-4-17-14(12(16)13(2)3)11(15)10-8-6-5-7-9-10/h5-9H,4H2,1-3H3. The second-order valence-corrected chi connectivity index (χ2v) is 3.56. The molecule has 0 bridgehead atoms. The molecule has 17 heavy (non-hydrogen) atoms. The van der Waals surface area contributed by atoms with Crippen molar-refractivity contribution in [2.24, 2.45) is 0 Å². The van der Waals surface area contributed by atoms with Gasteiger partial charge in [-0.2, -0.15) is 0 Å². The van der Waals surface area contributed by atoms with Crippen molar-refractivity contribution in [3.63, 3.8) is 0 Å². The first-order valence-electron chi connectivity index (χ1n) is 5.31. The fourth-order valence-electron chi connectivity index (χ4n) is 1.21. The Hall–Kier alpha value is -1.88. The number of hydrogen-bond acceptors (Lipinski definition) is 3. The third-order valence-electron chi connectivity index (χ3n) is 2.02. The summed E-state index contributed by atoms with van der Waals surface area (Å²) in [5.41, 5.74) is 0.413. The Morgan fingerprint density at radius 1 is 1.18 bits per heavy atom. The van der Waals surface area contributed by atoms with Gasteiger partial charge in [-0.05, 0) is 19.1 Å². The van der Waals surface area contributed by atoms with Crippen molar-refractivity contribution < 1.29 is 14.4 Å². The molecule has 1 aromatic rings. The molecule has 5 nitrogen and oxygen atoms in total. The molecule has 3 amide bonds. The Balaban J connectivity index is 2.92. The minimum absolute atomic E-state index is 0.248. The van der Waals surface area contributed by atoms with Crippen molar-refractivity contribution in [1.29, 1.82) is 0 Å². The fraction of sp³-hybridized carbons (Fsp3) is 0.333. The monoisotopic (exact) mass is 236 g/mol. The fourth-order valence-corrected chi connectivity index (χ4v) is 1.21. The molecule has 0 atom stereocenters. The van der Waals surface area contributed by atoms with Crippen LogP contribution in [0.2, 0.25) is 0 Å². The van der Waals surface area contributed by atoms with Crippen LogP contribution in [0.15, 0.2) is 30.3 Å². The molecule has 0 aromatic heterocycles. The normalized spacial score (nSPS) is 9.82. The number of imide groups is 1. The molecule has 1 rings (SSSR count). The Bertz CT molecular complexity index is 390. The van der Waals surface area contributed by atoms with Gasteiger partial charge < -0.3 is 4.90 Å². The highest BCUT2D eigenvalue weighted by atomic mass is 16.7. The van der Waals surface area contributed by atoms with E-state index in [2.05, 4.69) is 0 Å². The Morgan fingerprint density at radius 3 is 2.24 bits per heavy atom. The van der Waals surface area contributed by atoms with Gasteiger partial charge in [0, 0.05) is 19.7 Å². The Morgan fingerprint density at radius 2 is 1.76 bits per heavy atom. The van der Waals surface area contributed by atoms with Crippen molar-refractivity contribution in [3.05, 3.63) is 35.9 Å². The maximum Gasteiger partial charge on any atom is 0.351 e. The molecule has 0 aliphatic rings. The summed E-state index contributed by atoms with van der Waals surface area (Å²) in [5.74, 6) is -0.467. The van der Waals surface area contributed by atoms with Crippen LogP contribution in [0.5, 0.6) is 0 Å². The third-order valence-corrected chi connectivity index (χ3v) is 2.02. The number of amides is 3. The van der Waals surface area contributed by atoms with Gasteiger partial charge >= 0.3 is 6.03 Å². The number of hydrogen-bond donors (Lipinski definition) is 0. The van der Waals surface area contributed by atoms with E-state index in [9.17, 15) is 9.59 Å². The highest BCUT2D eigenvalue weighted by molar-refractivity contribution is 6.03. The predicted molar refractivity (Wildman–Crippen MR) is 63.3 cm³/mol. The molecule has 0 aliphatic heterocycles. The lowest BCUT2D eigenvalue weighted by Gasteiger charge is -2.22. The molecular formula is C12H16N2O3. The van der Waals surface area contributed by atoms with Crippen LogP contribution in [0.4, 0.5) is 4.79 Å². The van der Waals surface area contributed by atoms with E-state index >= 15 is 0 Å². The molecule has 1 aromatic carbocycles. The maximum atomic E-state index is 12.0. The van der Waals surface area contributed by atoms with Crippen LogP contribution in [0.25, 0.3) is 0 Å². The molecule has 0 radical (unpaired) electrons. The molecule has 0 spiro atoms. The summed E-state index contributed by atoms with van der Waals surface area (Å²) in [5, 5.41) is 0.773. The zero-order valence-electron chi connectivity index (χ0n) is 10.2. The summed E-state index contributed by atoms with van der Waals surface area (Å²) in [6, 6.07) is 8.04. The van der Waals surface area contributed by atoms with Crippen molar-refractivity contribution in [3.8, 4) is 0 Å². The Labute approximate surface area is 101 Å². The average molecular weight is 236 g/mol. The number of carbonyl (C=O) groups is 2. The number of carbonyl (C=O) groups excluding carboxylic acids is 2. The molecule has 5 heteroatoms. The van der Waals surface area contributed by atoms with Crippen LogP contribution in [0, 0.1) is 0 Å². The summed E-state index contributed by atoms with van der Waals surface area (Å²) in [4.78, 5) is 30.1. The zero-order valence-corrected chi connectivity index (χ0v) is 10.2. The van der Waals surface area contributed by atoms with Gasteiger partial charge in [0.25, 0.3) is 5.91 Å². The van der Waals surface area contributed by atoms with Crippen molar-refractivity contribution in [2.45, 2.75) is 6.92 Å². The Kier molecular flexibility index (Phi) is 4.66. The van der Waals surface area contributed by atoms with Crippen LogP contribution >= 0.6 is 0 Å². The van der Waals surface area contributed by atoms with Gasteiger partial charge in [-0.15, -0.1) is 5.06 Å². The summed E-state index contributed by atoms with van der Waals surface area (Å²) in [6.07, 6.45) is 0. The van der Waals surface area contributed by atoms with E-state index in [0.29, 0.717) is 5.56 Å². The van der Waals surface area contributed by atoms with Gasteiger partial charge in [0.15, 0.2) is 0 Å². The lowest BCUT2D eigenvalue weighted by atomic mass is 10.2. The summed E-state index contributed by atoms with van der Waals surface area (Å²) >= 11 is 0. The molecule has 0 saturated carbocycles. The SMILES string of the molecule is CCON(C(=O)c1ccccc1)C(=O)N(C)C. The lowest BCUT2D eigenvalue weighted by Crippen LogP contribution is -2.43. The quantitative estimate of drug-likeness (QED) is 0.751. The molecule has 0 fully saturated rings. The van der Waals surface area contributed by atoms with Gasteiger partial charge in [-0.25, -0.2) is 4.79 Å². The maximum absolute atomic E-state index is 12.0. The van der Waals surface area contributed by atoms with Crippen molar-refractivity contribution in [2.75, 3.05) is 20.7 Å². The van der Waals surface area contributed by atoms with Crippen LogP contribution in [0.1, 0.15) is 17.3 Å². The minimum Gasteiger partial charge on any atom is -0.329 e. The number of rotatable bonds is 3. The molecule has 0 heterocycles. The number of urea groups is 1. The van der Waals surface area contributed by atoms with Gasteiger partial charge in [0.1, 0.15) is 0 Å². The largest absolute Gasteiger partial charge is 0.351 e. The third kappa shape index (κ3) is 3.29. The van der Waals surface area contributed by atoms with E-state index < -0.39 is 11.9 Å². The van der Waals surface area contributed by atoms with E-state index in [1.165, 1.54) is 4.90 Å². The molecule has 0 aliphatic carbocycles. The van der Waals surface area contributed by atoms with Crippen LogP contribution in [-0.4, -0.2) is 42.6 Å². The van der Waals surface area contributed by atoms with Crippen molar-refractivity contribution in [1.82, 2.24) is 9.96 Å². The first-order valence-corrected chi connectivity index (χ1v) is 5.31. The highest BCUT2D eigenvalue weighted by Gasteiger charge is 2.24. The van der Waals surface area contributed by atoms with E-state index in [-0.39, 0.29) is 6.61 Å². The van der Waals surface area contributed by atoms with Gasteiger partial charge in [-0.3, -0.25) is 9.63 Å². The van der Waals surface area contributed by atoms with E-state index in [1.54, 1.807) is 51.4 Å². The number of nitrogens with zero attached hydrogens (tertiary/aromatic N) is 2. The second-order valence-electron chi connectivity index (χ2n) is 3.56. The average Bonchev–Trinajstić information content (AvgIpc) is 2.35. The summed E-state index contributed by atoms with van der Waals surface area (Å²) in [6.45, 7) is 1.96. The zero-order chi connectivity index (χ0) is 12.8. The first kappa shape index (κ1) is 13.2. The predicted octanol–water partition coefficient (Wildman–Crippen LogP) is 1.76. The van der Waals surface area contributed by atoms with Crippen LogP contribution in [0.3, 0.4) is 0 Å². The lowest BCUT2D eigenvalue weighted by molar-refractivity contribution is -0.0884. The molecular weight excluding hydrogens is 220 g/mol. The summed E-state index contributed by atoms with van der Waals surface area (Å²) < 4.78 is 0. The van der Waals surface area contributed by atoms with Crippen LogP contribution in [-0.2, 0) is 4.84 Å². The molecule has 0 saturated heterocycles. The minimum atomic E-state index is -0.499. The topological polar surface area (TPSA) is 49.9 Å². The highest BCUT2D eigenvalue weighted by Crippen LogP contribution is 2.07. The first-order chi connectivity index (χ1) is 8.07. The van der Waals surface area contributed by atoms with Gasteiger partial charge in [0.2, 0.25) is 0 Å². The molecule has 92 valence electrons.